The number of rotatable bonds is 4. The number of nitrogens with zero attached hydrogens (tertiary/aromatic N) is 3. The summed E-state index contributed by atoms with van der Waals surface area (Å²) in [5.41, 5.74) is 1.58. The molecule has 150 valence electrons. The van der Waals surface area contributed by atoms with E-state index in [2.05, 4.69) is 20.4 Å². The molecule has 0 saturated carbocycles. The zero-order chi connectivity index (χ0) is 21.3. The van der Waals surface area contributed by atoms with Crippen LogP contribution in [-0.4, -0.2) is 26.1 Å². The van der Waals surface area contributed by atoms with E-state index in [0.29, 0.717) is 11.8 Å². The van der Waals surface area contributed by atoms with Crippen LogP contribution < -0.4 is 5.32 Å². The Morgan fingerprint density at radius 2 is 1.80 bits per heavy atom. The fraction of sp³-hybridized carbons (Fsp3) is 0.0476. The summed E-state index contributed by atoms with van der Waals surface area (Å²) in [6, 6.07) is 12.1. The fourth-order valence-electron chi connectivity index (χ4n) is 2.78. The average molecular weight is 408 g/mol. The summed E-state index contributed by atoms with van der Waals surface area (Å²) < 4.78 is 31.8. The van der Waals surface area contributed by atoms with Gasteiger partial charge in [0.1, 0.15) is 23.1 Å². The second-order valence-corrected chi connectivity index (χ2v) is 6.43. The van der Waals surface area contributed by atoms with Crippen molar-refractivity contribution in [3.05, 3.63) is 77.5 Å². The fourth-order valence-corrected chi connectivity index (χ4v) is 2.78. The molecule has 30 heavy (non-hydrogen) atoms. The molecule has 2 aromatic carbocycles. The Balaban J connectivity index is 1.56. The first-order valence-corrected chi connectivity index (χ1v) is 8.77. The minimum atomic E-state index is -0.867. The summed E-state index contributed by atoms with van der Waals surface area (Å²) in [5.74, 6) is -2.37. The van der Waals surface area contributed by atoms with E-state index in [1.165, 1.54) is 18.2 Å². The molecule has 1 amide bonds. The van der Waals surface area contributed by atoms with Gasteiger partial charge in [0.15, 0.2) is 0 Å². The zero-order valence-corrected chi connectivity index (χ0v) is 15.6. The van der Waals surface area contributed by atoms with Crippen molar-refractivity contribution in [2.75, 3.05) is 5.32 Å². The number of carbonyl (C=O) groups is 1. The maximum absolute atomic E-state index is 13.3. The van der Waals surface area contributed by atoms with E-state index >= 15 is 0 Å². The summed E-state index contributed by atoms with van der Waals surface area (Å²) in [6.07, 6.45) is 0. The van der Waals surface area contributed by atoms with E-state index in [1.54, 1.807) is 6.07 Å². The number of hydrogen-bond donors (Lipinski definition) is 2. The summed E-state index contributed by atoms with van der Waals surface area (Å²) in [5, 5.41) is 16.7. The van der Waals surface area contributed by atoms with Crippen LogP contribution in [-0.2, 0) is 0 Å². The third-order valence-electron chi connectivity index (χ3n) is 4.15. The molecular formula is C21H14F2N4O3. The number of aromatic nitrogens is 3. The van der Waals surface area contributed by atoms with E-state index in [0.717, 1.165) is 17.8 Å². The van der Waals surface area contributed by atoms with Crippen LogP contribution in [0.15, 0.2) is 59.1 Å². The number of benzene rings is 2. The Morgan fingerprint density at radius 3 is 2.50 bits per heavy atom. The Morgan fingerprint density at radius 1 is 1.03 bits per heavy atom. The SMILES string of the molecule is Cc1cccc(-c2noc(-c3ccc(NC(=O)c4cc(F)cc(F)c4)cc3O)n2)n1. The van der Waals surface area contributed by atoms with Gasteiger partial charge in [-0.05, 0) is 43.3 Å². The van der Waals surface area contributed by atoms with Crippen LogP contribution in [0.5, 0.6) is 5.75 Å². The van der Waals surface area contributed by atoms with Crippen LogP contribution in [0.1, 0.15) is 16.1 Å². The molecule has 4 rings (SSSR count). The van der Waals surface area contributed by atoms with Gasteiger partial charge in [-0.3, -0.25) is 4.79 Å². The molecule has 0 aliphatic heterocycles. The second kappa shape index (κ2) is 7.70. The summed E-state index contributed by atoms with van der Waals surface area (Å²) >= 11 is 0. The minimum Gasteiger partial charge on any atom is -0.507 e. The average Bonchev–Trinajstić information content (AvgIpc) is 3.17. The van der Waals surface area contributed by atoms with E-state index in [4.69, 9.17) is 4.52 Å². The molecule has 0 atom stereocenters. The number of anilines is 1. The number of phenols is 1. The number of aromatic hydroxyl groups is 1. The Bertz CT molecular complexity index is 1240. The normalized spacial score (nSPS) is 10.8. The Kier molecular flexibility index (Phi) is 4.93. The molecular weight excluding hydrogens is 394 g/mol. The molecule has 7 nitrogen and oxygen atoms in total. The smallest absolute Gasteiger partial charge is 0.262 e. The largest absolute Gasteiger partial charge is 0.507 e. The van der Waals surface area contributed by atoms with Crippen LogP contribution in [0.2, 0.25) is 0 Å². The van der Waals surface area contributed by atoms with Gasteiger partial charge in [-0.1, -0.05) is 11.2 Å². The molecule has 0 spiro atoms. The van der Waals surface area contributed by atoms with Gasteiger partial charge in [0, 0.05) is 29.1 Å². The molecule has 9 heteroatoms. The maximum Gasteiger partial charge on any atom is 0.262 e. The zero-order valence-electron chi connectivity index (χ0n) is 15.6. The third kappa shape index (κ3) is 4.00. The van der Waals surface area contributed by atoms with Crippen LogP contribution in [0.4, 0.5) is 14.5 Å². The number of pyridine rings is 1. The number of halogens is 2. The third-order valence-corrected chi connectivity index (χ3v) is 4.15. The summed E-state index contributed by atoms with van der Waals surface area (Å²) in [6.45, 7) is 1.83. The van der Waals surface area contributed by atoms with Gasteiger partial charge < -0.3 is 14.9 Å². The van der Waals surface area contributed by atoms with Gasteiger partial charge in [-0.15, -0.1) is 0 Å². The molecule has 2 N–H and O–H groups in total. The first-order chi connectivity index (χ1) is 14.4. The highest BCUT2D eigenvalue weighted by Gasteiger charge is 2.16. The monoisotopic (exact) mass is 408 g/mol. The van der Waals surface area contributed by atoms with Crippen molar-refractivity contribution in [2.24, 2.45) is 0 Å². The second-order valence-electron chi connectivity index (χ2n) is 6.43. The lowest BCUT2D eigenvalue weighted by Crippen LogP contribution is -2.12. The van der Waals surface area contributed by atoms with Gasteiger partial charge in [-0.25, -0.2) is 13.8 Å². The van der Waals surface area contributed by atoms with Crippen molar-refractivity contribution in [2.45, 2.75) is 6.92 Å². The van der Waals surface area contributed by atoms with Crippen LogP contribution in [0.25, 0.3) is 23.0 Å². The number of phenolic OH excluding ortho intramolecular Hbond substituents is 1. The highest BCUT2D eigenvalue weighted by Crippen LogP contribution is 2.31. The molecule has 0 aliphatic carbocycles. The van der Waals surface area contributed by atoms with Crippen molar-refractivity contribution >= 4 is 11.6 Å². The van der Waals surface area contributed by atoms with Gasteiger partial charge in [0.05, 0.1) is 5.56 Å². The Hall–Kier alpha value is -4.14. The van der Waals surface area contributed by atoms with Crippen molar-refractivity contribution in [1.82, 2.24) is 15.1 Å². The van der Waals surface area contributed by atoms with Crippen LogP contribution >= 0.6 is 0 Å². The molecule has 0 radical (unpaired) electrons. The minimum absolute atomic E-state index is 0.0656. The molecule has 0 aliphatic rings. The molecule has 2 heterocycles. The van der Waals surface area contributed by atoms with Gasteiger partial charge in [0.25, 0.3) is 11.8 Å². The number of hydrogen-bond acceptors (Lipinski definition) is 6. The number of nitrogens with one attached hydrogen (secondary N) is 1. The van der Waals surface area contributed by atoms with E-state index in [-0.39, 0.29) is 34.3 Å². The first kappa shape index (κ1) is 19.2. The van der Waals surface area contributed by atoms with Gasteiger partial charge >= 0.3 is 0 Å². The number of aryl methyl sites for hydroxylation is 1. The van der Waals surface area contributed by atoms with Crippen molar-refractivity contribution < 1.29 is 23.2 Å². The molecule has 4 aromatic rings. The van der Waals surface area contributed by atoms with Crippen molar-refractivity contribution in [3.8, 4) is 28.7 Å². The van der Waals surface area contributed by atoms with E-state index < -0.39 is 17.5 Å². The number of carbonyl (C=O) groups excluding carboxylic acids is 1. The molecule has 2 aromatic heterocycles. The van der Waals surface area contributed by atoms with E-state index in [9.17, 15) is 18.7 Å². The highest BCUT2D eigenvalue weighted by molar-refractivity contribution is 6.04. The Labute approximate surface area is 169 Å². The lowest BCUT2D eigenvalue weighted by atomic mass is 10.1. The highest BCUT2D eigenvalue weighted by atomic mass is 19.1. The quantitative estimate of drug-likeness (QED) is 0.521. The predicted octanol–water partition coefficient (Wildman–Crippen LogP) is 4.34. The summed E-state index contributed by atoms with van der Waals surface area (Å²) in [4.78, 5) is 20.8. The standard InChI is InChI=1S/C21H14F2N4O3/c1-11-3-2-4-17(24-11)19-26-21(30-27-19)16-6-5-15(10-18(16)28)25-20(29)12-7-13(22)9-14(23)8-12/h2-10,28H,1H3,(H,25,29). The summed E-state index contributed by atoms with van der Waals surface area (Å²) in [7, 11) is 0. The van der Waals surface area contributed by atoms with Crippen molar-refractivity contribution in [1.29, 1.82) is 0 Å². The first-order valence-electron chi connectivity index (χ1n) is 8.77. The predicted molar refractivity (Wildman–Crippen MR) is 104 cm³/mol. The van der Waals surface area contributed by atoms with E-state index in [1.807, 2.05) is 19.1 Å². The van der Waals surface area contributed by atoms with Gasteiger partial charge in [-0.2, -0.15) is 4.98 Å². The van der Waals surface area contributed by atoms with Crippen LogP contribution in [0, 0.1) is 18.6 Å². The topological polar surface area (TPSA) is 101 Å². The maximum atomic E-state index is 13.3. The lowest BCUT2D eigenvalue weighted by molar-refractivity contribution is 0.102. The lowest BCUT2D eigenvalue weighted by Gasteiger charge is -2.07. The number of amides is 1. The molecule has 0 bridgehead atoms. The molecule has 0 fully saturated rings. The van der Waals surface area contributed by atoms with Gasteiger partial charge in [0.2, 0.25) is 5.82 Å². The van der Waals surface area contributed by atoms with Crippen LogP contribution in [0.3, 0.4) is 0 Å². The molecule has 0 unspecified atom stereocenters. The molecule has 0 saturated heterocycles. The van der Waals surface area contributed by atoms with Crippen molar-refractivity contribution in [3.63, 3.8) is 0 Å².